The number of anilines is 3. The highest BCUT2D eigenvalue weighted by Crippen LogP contribution is 2.57. The molecule has 0 bridgehead atoms. The maximum Gasteiger partial charge on any atom is 0.122 e. The minimum absolute atomic E-state index is 0.123. The van der Waals surface area contributed by atoms with Crippen molar-refractivity contribution in [1.29, 1.82) is 0 Å². The zero-order chi connectivity index (χ0) is 40.0. The van der Waals surface area contributed by atoms with E-state index >= 15 is 0 Å². The summed E-state index contributed by atoms with van der Waals surface area (Å²) in [6, 6.07) is 80.9. The van der Waals surface area contributed by atoms with Gasteiger partial charge in [0.2, 0.25) is 0 Å². The molecule has 0 fully saturated rings. The number of benzene rings is 9. The molecule has 2 nitrogen and oxygen atoms in total. The van der Waals surface area contributed by atoms with E-state index in [2.05, 4.69) is 242 Å². The third-order valence-corrected chi connectivity index (χ3v) is 13.4. The fourth-order valence-corrected chi connectivity index (χ4v) is 10.8. The molecule has 60 heavy (non-hydrogen) atoms. The molecular weight excluding hydrogens is 725 g/mol. The summed E-state index contributed by atoms with van der Waals surface area (Å²) in [6.45, 7) is 4.73. The van der Waals surface area contributed by atoms with Crippen LogP contribution in [0.1, 0.15) is 41.7 Å². The summed E-state index contributed by atoms with van der Waals surface area (Å²) in [6.07, 6.45) is 0. The van der Waals surface area contributed by atoms with E-state index in [4.69, 9.17) is 0 Å². The standard InChI is InChI=1S/C58H42N2/c1-57(2)49-26-13-11-25-47(49)56-52(57)29-17-31-55(56)59(42-34-32-40(33-35-42)39-18-5-3-6-19-39)43-36-37-54-48(38-43)46-24-12-16-30-53(46)60(54)58(41-20-7-4-8-21-41)50-27-14-9-22-44(50)45-23-10-15-28-51(45)58/h3-38H,1-2H3. The Morgan fingerprint density at radius 3 is 1.63 bits per heavy atom. The molecular formula is C58H42N2. The smallest absolute Gasteiger partial charge is 0.122 e. The fraction of sp³-hybridized carbons (Fsp3) is 0.0690. The van der Waals surface area contributed by atoms with Crippen LogP contribution in [-0.4, -0.2) is 4.57 Å². The number of hydrogen-bond acceptors (Lipinski definition) is 1. The molecule has 0 amide bonds. The monoisotopic (exact) mass is 766 g/mol. The highest BCUT2D eigenvalue weighted by Gasteiger charge is 2.47. The van der Waals surface area contributed by atoms with Gasteiger partial charge in [-0.25, -0.2) is 0 Å². The molecule has 0 saturated heterocycles. The van der Waals surface area contributed by atoms with Crippen molar-refractivity contribution in [1.82, 2.24) is 4.57 Å². The molecule has 1 aromatic heterocycles. The molecule has 0 unspecified atom stereocenters. The van der Waals surface area contributed by atoms with Gasteiger partial charge in [-0.05, 0) is 98.1 Å². The van der Waals surface area contributed by atoms with Gasteiger partial charge in [0.15, 0.2) is 0 Å². The summed E-state index contributed by atoms with van der Waals surface area (Å²) in [7, 11) is 0. The molecule has 2 aliphatic rings. The van der Waals surface area contributed by atoms with Crippen molar-refractivity contribution in [2.45, 2.75) is 24.8 Å². The SMILES string of the molecule is CC1(C)c2ccccc2-c2c(N(c3ccc(-c4ccccc4)cc3)c3ccc4c(c3)c3ccccc3n4C3(c4ccccc4)c4ccccc4-c4ccccc43)cccc21. The molecule has 0 atom stereocenters. The zero-order valence-corrected chi connectivity index (χ0v) is 33.7. The van der Waals surface area contributed by atoms with Crippen LogP contribution in [0.2, 0.25) is 0 Å². The Balaban J connectivity index is 1.14. The second-order valence-corrected chi connectivity index (χ2v) is 16.8. The molecule has 0 spiro atoms. The molecule has 1 heterocycles. The minimum atomic E-state index is -0.597. The Hall–Kier alpha value is -7.42. The molecule has 9 aromatic carbocycles. The van der Waals surface area contributed by atoms with Crippen LogP contribution in [0.25, 0.3) is 55.2 Å². The third kappa shape index (κ3) is 4.76. The number of aromatic nitrogens is 1. The van der Waals surface area contributed by atoms with E-state index in [-0.39, 0.29) is 5.41 Å². The minimum Gasteiger partial charge on any atom is -0.322 e. The Kier molecular flexibility index (Phi) is 7.52. The van der Waals surface area contributed by atoms with Crippen molar-refractivity contribution in [3.63, 3.8) is 0 Å². The predicted molar refractivity (Wildman–Crippen MR) is 251 cm³/mol. The maximum absolute atomic E-state index is 2.64. The van der Waals surface area contributed by atoms with Crippen LogP contribution >= 0.6 is 0 Å². The molecule has 12 rings (SSSR count). The topological polar surface area (TPSA) is 8.17 Å². The number of hydrogen-bond donors (Lipinski definition) is 0. The van der Waals surface area contributed by atoms with Gasteiger partial charge in [-0.2, -0.15) is 0 Å². The summed E-state index contributed by atoms with van der Waals surface area (Å²) in [5.74, 6) is 0. The van der Waals surface area contributed by atoms with E-state index in [1.165, 1.54) is 88.7 Å². The van der Waals surface area contributed by atoms with Crippen molar-refractivity contribution in [2.75, 3.05) is 4.90 Å². The molecule has 0 N–H and O–H groups in total. The lowest BCUT2D eigenvalue weighted by atomic mass is 9.80. The summed E-state index contributed by atoms with van der Waals surface area (Å²) in [5, 5.41) is 2.45. The van der Waals surface area contributed by atoms with E-state index in [1.54, 1.807) is 0 Å². The van der Waals surface area contributed by atoms with Gasteiger partial charge in [0.05, 0.1) is 16.7 Å². The Morgan fingerprint density at radius 1 is 0.383 bits per heavy atom. The van der Waals surface area contributed by atoms with Crippen molar-refractivity contribution >= 4 is 38.9 Å². The van der Waals surface area contributed by atoms with Crippen molar-refractivity contribution in [3.05, 3.63) is 246 Å². The first-order valence-electron chi connectivity index (χ1n) is 21.0. The first-order chi connectivity index (χ1) is 29.5. The second kappa shape index (κ2) is 13.0. The predicted octanol–water partition coefficient (Wildman–Crippen LogP) is 15.1. The van der Waals surface area contributed by atoms with Crippen molar-refractivity contribution < 1.29 is 0 Å². The van der Waals surface area contributed by atoms with Crippen LogP contribution in [0.4, 0.5) is 17.1 Å². The van der Waals surface area contributed by atoms with E-state index in [0.29, 0.717) is 0 Å². The van der Waals surface area contributed by atoms with Crippen molar-refractivity contribution in [2.24, 2.45) is 0 Å². The molecule has 0 radical (unpaired) electrons. The van der Waals surface area contributed by atoms with Crippen molar-refractivity contribution in [3.8, 4) is 33.4 Å². The van der Waals surface area contributed by atoms with Gasteiger partial charge < -0.3 is 9.47 Å². The lowest BCUT2D eigenvalue weighted by Gasteiger charge is -2.36. The van der Waals surface area contributed by atoms with Crippen LogP contribution in [0.5, 0.6) is 0 Å². The summed E-state index contributed by atoms with van der Waals surface area (Å²) in [4.78, 5) is 2.49. The van der Waals surface area contributed by atoms with Gasteiger partial charge in [-0.1, -0.05) is 190 Å². The summed E-state index contributed by atoms with van der Waals surface area (Å²) in [5.41, 5.74) is 19.2. The lowest BCUT2D eigenvalue weighted by molar-refractivity contribution is 0.564. The molecule has 284 valence electrons. The van der Waals surface area contributed by atoms with E-state index in [1.807, 2.05) is 0 Å². The van der Waals surface area contributed by atoms with Crippen LogP contribution in [0.15, 0.2) is 218 Å². The van der Waals surface area contributed by atoms with Gasteiger partial charge >= 0.3 is 0 Å². The Labute approximate surface area is 351 Å². The highest BCUT2D eigenvalue weighted by atomic mass is 15.1. The van der Waals surface area contributed by atoms with E-state index < -0.39 is 5.54 Å². The quantitative estimate of drug-likeness (QED) is 0.164. The number of rotatable bonds is 6. The maximum atomic E-state index is 2.64. The average Bonchev–Trinajstić information content (AvgIpc) is 3.89. The lowest BCUT2D eigenvalue weighted by Crippen LogP contribution is -2.35. The zero-order valence-electron chi connectivity index (χ0n) is 33.7. The van der Waals surface area contributed by atoms with Crippen LogP contribution in [-0.2, 0) is 11.0 Å². The number of fused-ring (bicyclic) bond motifs is 9. The summed E-state index contributed by atoms with van der Waals surface area (Å²) < 4.78 is 2.64. The highest BCUT2D eigenvalue weighted by molar-refractivity contribution is 6.11. The van der Waals surface area contributed by atoms with Crippen LogP contribution in [0.3, 0.4) is 0 Å². The molecule has 2 heteroatoms. The summed E-state index contributed by atoms with van der Waals surface area (Å²) >= 11 is 0. The molecule has 0 saturated carbocycles. The first-order valence-corrected chi connectivity index (χ1v) is 21.0. The Bertz CT molecular complexity index is 3230. The van der Waals surface area contributed by atoms with Gasteiger partial charge in [0.25, 0.3) is 0 Å². The first kappa shape index (κ1) is 34.6. The molecule has 2 aliphatic carbocycles. The van der Waals surface area contributed by atoms with E-state index in [9.17, 15) is 0 Å². The molecule has 0 aliphatic heterocycles. The average molecular weight is 767 g/mol. The Morgan fingerprint density at radius 2 is 0.917 bits per heavy atom. The number of para-hydroxylation sites is 1. The molecule has 10 aromatic rings. The van der Waals surface area contributed by atoms with E-state index in [0.717, 1.165) is 11.4 Å². The second-order valence-electron chi connectivity index (χ2n) is 16.8. The number of nitrogens with zero attached hydrogens (tertiary/aromatic N) is 2. The van der Waals surface area contributed by atoms with Gasteiger partial charge in [0, 0.05) is 33.1 Å². The third-order valence-electron chi connectivity index (χ3n) is 13.4. The van der Waals surface area contributed by atoms with Crippen LogP contribution < -0.4 is 4.90 Å². The van der Waals surface area contributed by atoms with Gasteiger partial charge in [-0.3, -0.25) is 0 Å². The largest absolute Gasteiger partial charge is 0.322 e. The van der Waals surface area contributed by atoms with Gasteiger partial charge in [0.1, 0.15) is 5.54 Å². The van der Waals surface area contributed by atoms with Gasteiger partial charge in [-0.15, -0.1) is 0 Å². The fourth-order valence-electron chi connectivity index (χ4n) is 10.8. The van der Waals surface area contributed by atoms with Crippen LogP contribution in [0, 0.1) is 0 Å². The normalized spacial score (nSPS) is 14.1.